The number of nitrogens with zero attached hydrogens (tertiary/aromatic N) is 6. The number of rotatable bonds is 6. The molecule has 4 rings (SSSR count). The number of amides is 1. The number of hydrogen-bond acceptors (Lipinski definition) is 9. The van der Waals surface area contributed by atoms with E-state index in [4.69, 9.17) is 0 Å². The van der Waals surface area contributed by atoms with Crippen molar-refractivity contribution in [3.63, 3.8) is 0 Å². The molecule has 9 nitrogen and oxygen atoms in total. The van der Waals surface area contributed by atoms with Gasteiger partial charge in [-0.15, -0.1) is 0 Å². The number of benzene rings is 1. The van der Waals surface area contributed by atoms with Gasteiger partial charge in [-0.05, 0) is 36.0 Å². The van der Waals surface area contributed by atoms with Crippen LogP contribution in [0.3, 0.4) is 0 Å². The van der Waals surface area contributed by atoms with Crippen LogP contribution in [-0.2, 0) is 0 Å². The summed E-state index contributed by atoms with van der Waals surface area (Å²) in [4.78, 5) is 34.3. The van der Waals surface area contributed by atoms with E-state index >= 15 is 0 Å². The average Bonchev–Trinajstić information content (AvgIpc) is 3.24. The SMILES string of the molecule is O=C(Nc1cnccn1)c1nc(Sc2ncn[nH]2)cnc1Sc1ccc(F)cc1. The van der Waals surface area contributed by atoms with Gasteiger partial charge in [-0.2, -0.15) is 5.10 Å². The van der Waals surface area contributed by atoms with Crippen LogP contribution in [0.5, 0.6) is 0 Å². The van der Waals surface area contributed by atoms with Gasteiger partial charge in [-0.1, -0.05) is 11.8 Å². The van der Waals surface area contributed by atoms with Crippen LogP contribution in [0.1, 0.15) is 10.5 Å². The zero-order valence-corrected chi connectivity index (χ0v) is 16.1. The molecule has 1 aromatic carbocycles. The molecule has 0 aliphatic heterocycles. The van der Waals surface area contributed by atoms with E-state index in [0.717, 1.165) is 0 Å². The molecule has 0 spiro atoms. The number of H-pyrrole nitrogens is 1. The van der Waals surface area contributed by atoms with Crippen LogP contribution in [0.4, 0.5) is 10.2 Å². The third kappa shape index (κ3) is 4.92. The molecule has 0 aliphatic carbocycles. The van der Waals surface area contributed by atoms with E-state index in [9.17, 15) is 9.18 Å². The average molecular weight is 426 g/mol. The quantitative estimate of drug-likeness (QED) is 0.479. The lowest BCUT2D eigenvalue weighted by molar-refractivity contribution is 0.101. The number of hydrogen-bond donors (Lipinski definition) is 2. The van der Waals surface area contributed by atoms with Crippen LogP contribution in [0, 0.1) is 5.82 Å². The van der Waals surface area contributed by atoms with Gasteiger partial charge in [0.25, 0.3) is 5.91 Å². The van der Waals surface area contributed by atoms with Crippen molar-refractivity contribution in [1.29, 1.82) is 0 Å². The van der Waals surface area contributed by atoms with Crippen LogP contribution in [0.2, 0.25) is 0 Å². The maximum Gasteiger partial charge on any atom is 0.278 e. The highest BCUT2D eigenvalue weighted by Gasteiger charge is 2.19. The van der Waals surface area contributed by atoms with Crippen LogP contribution in [0.15, 0.2) is 75.5 Å². The minimum atomic E-state index is -0.498. The number of aromatic nitrogens is 7. The smallest absolute Gasteiger partial charge is 0.278 e. The monoisotopic (exact) mass is 426 g/mol. The topological polar surface area (TPSA) is 122 Å². The molecule has 0 bridgehead atoms. The highest BCUT2D eigenvalue weighted by atomic mass is 32.2. The zero-order chi connectivity index (χ0) is 20.1. The van der Waals surface area contributed by atoms with Gasteiger partial charge >= 0.3 is 0 Å². The molecule has 12 heteroatoms. The molecular weight excluding hydrogens is 415 g/mol. The largest absolute Gasteiger partial charge is 0.304 e. The minimum Gasteiger partial charge on any atom is -0.304 e. The van der Waals surface area contributed by atoms with Gasteiger partial charge in [0.1, 0.15) is 22.2 Å². The molecule has 2 N–H and O–H groups in total. The summed E-state index contributed by atoms with van der Waals surface area (Å²) in [5, 5.41) is 10.5. The number of carbonyl (C=O) groups is 1. The second-order valence-electron chi connectivity index (χ2n) is 5.36. The first kappa shape index (κ1) is 19.0. The Morgan fingerprint density at radius 1 is 1.03 bits per heavy atom. The van der Waals surface area contributed by atoms with E-state index < -0.39 is 5.91 Å². The lowest BCUT2D eigenvalue weighted by Crippen LogP contribution is -2.17. The van der Waals surface area contributed by atoms with Gasteiger partial charge in [0, 0.05) is 17.3 Å². The molecule has 0 radical (unpaired) electrons. The van der Waals surface area contributed by atoms with Gasteiger partial charge in [0.15, 0.2) is 16.7 Å². The maximum absolute atomic E-state index is 13.2. The molecule has 29 heavy (non-hydrogen) atoms. The number of nitrogens with one attached hydrogen (secondary N) is 2. The van der Waals surface area contributed by atoms with Crippen molar-refractivity contribution >= 4 is 35.2 Å². The van der Waals surface area contributed by atoms with Crippen molar-refractivity contribution in [2.75, 3.05) is 5.32 Å². The standard InChI is InChI=1S/C17H11FN8OS2/c18-10-1-3-11(4-2-10)28-16-14(15(27)24-12-7-19-5-6-20-12)25-13(8-21-16)29-17-22-9-23-26-17/h1-9H,(H,20,24,27)(H,22,23,26). The lowest BCUT2D eigenvalue weighted by atomic mass is 10.3. The Morgan fingerprint density at radius 2 is 1.90 bits per heavy atom. The Morgan fingerprint density at radius 3 is 2.62 bits per heavy atom. The summed E-state index contributed by atoms with van der Waals surface area (Å²) in [7, 11) is 0. The molecule has 0 fully saturated rings. The summed E-state index contributed by atoms with van der Waals surface area (Å²) in [6.45, 7) is 0. The number of aromatic amines is 1. The van der Waals surface area contributed by atoms with Crippen molar-refractivity contribution in [2.24, 2.45) is 0 Å². The molecule has 4 aromatic rings. The third-order valence-electron chi connectivity index (χ3n) is 3.36. The van der Waals surface area contributed by atoms with E-state index in [1.807, 2.05) is 0 Å². The molecule has 0 saturated carbocycles. The third-order valence-corrected chi connectivity index (χ3v) is 5.15. The van der Waals surface area contributed by atoms with E-state index in [-0.39, 0.29) is 17.3 Å². The van der Waals surface area contributed by atoms with Crippen molar-refractivity contribution in [3.05, 3.63) is 66.9 Å². The molecule has 0 aliphatic rings. The van der Waals surface area contributed by atoms with Gasteiger partial charge in [0.05, 0.1) is 12.4 Å². The van der Waals surface area contributed by atoms with Crippen molar-refractivity contribution in [2.45, 2.75) is 20.1 Å². The zero-order valence-electron chi connectivity index (χ0n) is 14.5. The maximum atomic E-state index is 13.2. The van der Waals surface area contributed by atoms with Gasteiger partial charge in [-0.25, -0.2) is 24.3 Å². The number of anilines is 1. The van der Waals surface area contributed by atoms with Gasteiger partial charge in [-0.3, -0.25) is 14.9 Å². The summed E-state index contributed by atoms with van der Waals surface area (Å²) in [5.41, 5.74) is 0.0921. The van der Waals surface area contributed by atoms with Gasteiger partial charge < -0.3 is 5.32 Å². The fourth-order valence-corrected chi connectivity index (χ4v) is 3.60. The Kier molecular flexibility index (Phi) is 5.72. The predicted octanol–water partition coefficient (Wildman–Crippen LogP) is 3.08. The summed E-state index contributed by atoms with van der Waals surface area (Å²) in [5.74, 6) is -0.562. The Balaban J connectivity index is 1.65. The first-order valence-corrected chi connectivity index (χ1v) is 9.72. The Labute approximate surface area is 172 Å². The molecular formula is C17H11FN8OS2. The summed E-state index contributed by atoms with van der Waals surface area (Å²) in [6, 6.07) is 5.87. The fourth-order valence-electron chi connectivity index (χ4n) is 2.13. The molecule has 0 atom stereocenters. The minimum absolute atomic E-state index is 0.0921. The van der Waals surface area contributed by atoms with Crippen molar-refractivity contribution in [3.8, 4) is 0 Å². The number of carbonyl (C=O) groups excluding carboxylic acids is 1. The first-order valence-electron chi connectivity index (χ1n) is 8.08. The second kappa shape index (κ2) is 8.75. The second-order valence-corrected chi connectivity index (χ2v) is 7.43. The van der Waals surface area contributed by atoms with Gasteiger partial charge in [0.2, 0.25) is 0 Å². The summed E-state index contributed by atoms with van der Waals surface area (Å²) in [6.07, 6.45) is 7.28. The lowest BCUT2D eigenvalue weighted by Gasteiger charge is -2.09. The molecule has 3 heterocycles. The Hall–Kier alpha value is -3.38. The van der Waals surface area contributed by atoms with Crippen LogP contribution in [0.25, 0.3) is 0 Å². The summed E-state index contributed by atoms with van der Waals surface area (Å²) >= 11 is 2.38. The Bertz CT molecular complexity index is 1110. The van der Waals surface area contributed by atoms with Crippen LogP contribution < -0.4 is 5.32 Å². The highest BCUT2D eigenvalue weighted by Crippen LogP contribution is 2.31. The molecule has 144 valence electrons. The molecule has 1 amide bonds. The normalized spacial score (nSPS) is 10.7. The molecule has 3 aromatic heterocycles. The number of halogens is 1. The van der Waals surface area contributed by atoms with Crippen molar-refractivity contribution < 1.29 is 9.18 Å². The van der Waals surface area contributed by atoms with Crippen LogP contribution >= 0.6 is 23.5 Å². The van der Waals surface area contributed by atoms with E-state index in [1.54, 1.807) is 12.1 Å². The van der Waals surface area contributed by atoms with E-state index in [2.05, 4.69) is 40.4 Å². The molecule has 0 unspecified atom stereocenters. The predicted molar refractivity (Wildman–Crippen MR) is 103 cm³/mol. The fraction of sp³-hybridized carbons (Fsp3) is 0. The van der Waals surface area contributed by atoms with Crippen molar-refractivity contribution in [1.82, 2.24) is 35.1 Å². The van der Waals surface area contributed by atoms with Crippen LogP contribution in [-0.4, -0.2) is 41.0 Å². The van der Waals surface area contributed by atoms with E-state index in [0.29, 0.717) is 20.1 Å². The van der Waals surface area contributed by atoms with E-state index in [1.165, 1.54) is 66.8 Å². The molecule has 0 saturated heterocycles. The first-order chi connectivity index (χ1) is 14.2. The summed E-state index contributed by atoms with van der Waals surface area (Å²) < 4.78 is 13.2. The highest BCUT2D eigenvalue weighted by molar-refractivity contribution is 7.99.